The van der Waals surface area contributed by atoms with E-state index in [4.69, 9.17) is 4.98 Å². The summed E-state index contributed by atoms with van der Waals surface area (Å²) in [5.41, 5.74) is 2.92. The van der Waals surface area contributed by atoms with Gasteiger partial charge in [0.25, 0.3) is 0 Å². The molecule has 27 heavy (non-hydrogen) atoms. The van der Waals surface area contributed by atoms with Crippen LogP contribution in [0.1, 0.15) is 6.42 Å². The molecule has 0 unspecified atom stereocenters. The number of benzene rings is 1. The highest BCUT2D eigenvalue weighted by Crippen LogP contribution is 2.40. The first-order valence-electron chi connectivity index (χ1n) is 9.12. The second-order valence-electron chi connectivity index (χ2n) is 6.81. The number of aromatic nitrogens is 2. The lowest BCUT2D eigenvalue weighted by Gasteiger charge is -2.35. The van der Waals surface area contributed by atoms with Gasteiger partial charge >= 0.3 is 6.03 Å². The number of carbonyl (C=O) groups excluding carboxylic acids is 1. The topological polar surface area (TPSA) is 61.4 Å². The van der Waals surface area contributed by atoms with Crippen molar-refractivity contribution in [1.29, 1.82) is 0 Å². The number of fused-ring (bicyclic) bond motifs is 4. The average Bonchev–Trinajstić information content (AvgIpc) is 3.13. The largest absolute Gasteiger partial charge is 0.366 e. The molecule has 0 aliphatic carbocycles. The molecule has 6 nitrogen and oxygen atoms in total. The van der Waals surface area contributed by atoms with Crippen LogP contribution in [0.3, 0.4) is 0 Å². The van der Waals surface area contributed by atoms with Gasteiger partial charge in [-0.25, -0.2) is 14.8 Å². The number of urea groups is 1. The lowest BCUT2D eigenvalue weighted by Crippen LogP contribution is -2.48. The normalized spacial score (nSPS) is 17.6. The molecule has 1 atom stereocenters. The number of anilines is 3. The van der Waals surface area contributed by atoms with Crippen LogP contribution in [0.5, 0.6) is 0 Å². The second-order valence-corrected chi connectivity index (χ2v) is 6.81. The smallest absolute Gasteiger partial charge is 0.329 e. The first-order valence-corrected chi connectivity index (χ1v) is 9.12. The molecule has 3 aromatic rings. The molecular weight excluding hydrogens is 338 g/mol. The van der Waals surface area contributed by atoms with E-state index in [-0.39, 0.29) is 12.1 Å². The molecule has 134 valence electrons. The van der Waals surface area contributed by atoms with Crippen LogP contribution in [0.4, 0.5) is 22.1 Å². The second kappa shape index (κ2) is 6.39. The van der Waals surface area contributed by atoms with E-state index in [2.05, 4.69) is 21.3 Å². The summed E-state index contributed by atoms with van der Waals surface area (Å²) in [7, 11) is 0. The molecule has 1 saturated heterocycles. The van der Waals surface area contributed by atoms with Crippen molar-refractivity contribution in [2.75, 3.05) is 28.2 Å². The van der Waals surface area contributed by atoms with Gasteiger partial charge in [-0.3, -0.25) is 10.2 Å². The molecule has 2 bridgehead atoms. The van der Waals surface area contributed by atoms with Gasteiger partial charge in [-0.05, 0) is 30.7 Å². The lowest BCUT2D eigenvalue weighted by molar-refractivity contribution is 0.254. The summed E-state index contributed by atoms with van der Waals surface area (Å²) in [5.74, 6) is 1.27. The minimum Gasteiger partial charge on any atom is -0.366 e. The van der Waals surface area contributed by atoms with Gasteiger partial charge in [0.05, 0.1) is 17.4 Å². The number of hydrogen-bond donors (Lipinski definition) is 1. The first-order chi connectivity index (χ1) is 13.3. The first kappa shape index (κ1) is 15.8. The predicted octanol–water partition coefficient (Wildman–Crippen LogP) is 3.77. The summed E-state index contributed by atoms with van der Waals surface area (Å²) in [5, 5.41) is 2.91. The van der Waals surface area contributed by atoms with E-state index in [0.29, 0.717) is 5.82 Å². The van der Waals surface area contributed by atoms with E-state index >= 15 is 0 Å². The molecule has 2 aliphatic heterocycles. The minimum atomic E-state index is -0.181. The Morgan fingerprint density at radius 2 is 1.89 bits per heavy atom. The lowest BCUT2D eigenvalue weighted by atomic mass is 10.1. The van der Waals surface area contributed by atoms with Crippen LogP contribution >= 0.6 is 0 Å². The van der Waals surface area contributed by atoms with Gasteiger partial charge in [-0.2, -0.15) is 0 Å². The number of hydrogen-bond acceptors (Lipinski definition) is 4. The maximum absolute atomic E-state index is 13.1. The molecule has 0 saturated carbocycles. The van der Waals surface area contributed by atoms with Crippen molar-refractivity contribution in [3.05, 3.63) is 66.9 Å². The van der Waals surface area contributed by atoms with Crippen LogP contribution in [0, 0.1) is 0 Å². The summed E-state index contributed by atoms with van der Waals surface area (Å²) in [6.45, 7) is 1.78. The Morgan fingerprint density at radius 1 is 1.04 bits per heavy atom. The Labute approximate surface area is 157 Å². The van der Waals surface area contributed by atoms with Gasteiger partial charge in [0.15, 0.2) is 5.82 Å². The highest BCUT2D eigenvalue weighted by molar-refractivity contribution is 6.04. The van der Waals surface area contributed by atoms with Gasteiger partial charge in [0.2, 0.25) is 0 Å². The molecule has 5 rings (SSSR count). The third-order valence-corrected chi connectivity index (χ3v) is 5.14. The number of amides is 2. The van der Waals surface area contributed by atoms with Crippen molar-refractivity contribution in [3.63, 3.8) is 0 Å². The van der Waals surface area contributed by atoms with Crippen LogP contribution in [0.2, 0.25) is 0 Å². The molecule has 0 radical (unpaired) electrons. The molecular formula is C21H19N5O. The van der Waals surface area contributed by atoms with E-state index in [1.165, 1.54) is 0 Å². The van der Waals surface area contributed by atoms with Gasteiger partial charge < -0.3 is 4.90 Å². The summed E-state index contributed by atoms with van der Waals surface area (Å²) in [6.07, 6.45) is 2.61. The van der Waals surface area contributed by atoms with Crippen LogP contribution in [0.15, 0.2) is 66.9 Å². The minimum absolute atomic E-state index is 0.125. The van der Waals surface area contributed by atoms with Crippen molar-refractivity contribution >= 4 is 23.4 Å². The molecule has 2 aliphatic rings. The van der Waals surface area contributed by atoms with Gasteiger partial charge in [0, 0.05) is 24.8 Å². The fourth-order valence-corrected chi connectivity index (χ4v) is 3.85. The SMILES string of the molecule is O=C(Nc1ccccn1)N1c2nc(-c3ccccc3)ccc2N2CC[C@H]1C2. The molecule has 1 fully saturated rings. The van der Waals surface area contributed by atoms with Crippen molar-refractivity contribution in [3.8, 4) is 11.3 Å². The third-order valence-electron chi connectivity index (χ3n) is 5.14. The zero-order chi connectivity index (χ0) is 18.2. The van der Waals surface area contributed by atoms with E-state index < -0.39 is 0 Å². The third kappa shape index (κ3) is 2.79. The van der Waals surface area contributed by atoms with Crippen molar-refractivity contribution in [2.45, 2.75) is 12.5 Å². The zero-order valence-corrected chi connectivity index (χ0v) is 14.7. The molecule has 4 heterocycles. The predicted molar refractivity (Wildman–Crippen MR) is 106 cm³/mol. The maximum Gasteiger partial charge on any atom is 0.329 e. The monoisotopic (exact) mass is 357 g/mol. The van der Waals surface area contributed by atoms with Gasteiger partial charge in [-0.15, -0.1) is 0 Å². The Morgan fingerprint density at radius 3 is 2.70 bits per heavy atom. The van der Waals surface area contributed by atoms with Crippen LogP contribution < -0.4 is 15.1 Å². The molecule has 1 aromatic carbocycles. The standard InChI is InChI=1S/C21H19N5O/c27-21(24-19-8-4-5-12-22-19)26-16-11-13-25(14-16)18-10-9-17(23-20(18)26)15-6-2-1-3-7-15/h1-10,12,16H,11,13-14H2,(H,22,24,27)/t16-/m0/s1. The molecule has 2 aromatic heterocycles. The van der Waals surface area contributed by atoms with Crippen molar-refractivity contribution in [2.24, 2.45) is 0 Å². The van der Waals surface area contributed by atoms with Crippen LogP contribution in [0.25, 0.3) is 11.3 Å². The fourth-order valence-electron chi connectivity index (χ4n) is 3.85. The molecule has 1 N–H and O–H groups in total. The fraction of sp³-hybridized carbons (Fsp3) is 0.190. The molecule has 2 amide bonds. The van der Waals surface area contributed by atoms with E-state index in [1.54, 1.807) is 17.2 Å². The molecule has 6 heteroatoms. The van der Waals surface area contributed by atoms with E-state index in [9.17, 15) is 4.79 Å². The Bertz CT molecular complexity index is 976. The van der Waals surface area contributed by atoms with Crippen LogP contribution in [-0.4, -0.2) is 35.1 Å². The summed E-state index contributed by atoms with van der Waals surface area (Å²) in [4.78, 5) is 26.3. The van der Waals surface area contributed by atoms with E-state index in [0.717, 1.165) is 42.3 Å². The van der Waals surface area contributed by atoms with Gasteiger partial charge in [-0.1, -0.05) is 36.4 Å². The Kier molecular flexibility index (Phi) is 3.74. The highest BCUT2D eigenvalue weighted by atomic mass is 16.2. The van der Waals surface area contributed by atoms with Gasteiger partial charge in [0.1, 0.15) is 5.82 Å². The maximum atomic E-state index is 13.1. The quantitative estimate of drug-likeness (QED) is 0.758. The Balaban J connectivity index is 1.54. The number of rotatable bonds is 2. The number of carbonyl (C=O) groups is 1. The Hall–Kier alpha value is -3.41. The summed E-state index contributed by atoms with van der Waals surface area (Å²) in [6, 6.07) is 19.6. The number of nitrogens with one attached hydrogen (secondary N) is 1. The molecule has 0 spiro atoms. The van der Waals surface area contributed by atoms with Crippen molar-refractivity contribution < 1.29 is 4.79 Å². The van der Waals surface area contributed by atoms with Crippen LogP contribution in [-0.2, 0) is 0 Å². The average molecular weight is 357 g/mol. The summed E-state index contributed by atoms with van der Waals surface area (Å²) >= 11 is 0. The summed E-state index contributed by atoms with van der Waals surface area (Å²) < 4.78 is 0. The zero-order valence-electron chi connectivity index (χ0n) is 14.7. The highest BCUT2D eigenvalue weighted by Gasteiger charge is 2.40. The number of nitrogens with zero attached hydrogens (tertiary/aromatic N) is 4. The number of pyridine rings is 2. The van der Waals surface area contributed by atoms with Crippen molar-refractivity contribution in [1.82, 2.24) is 9.97 Å². The van der Waals surface area contributed by atoms with E-state index in [1.807, 2.05) is 48.5 Å².